The molecule has 1 atom stereocenters. The van der Waals surface area contributed by atoms with Gasteiger partial charge in [-0.2, -0.15) is 13.2 Å². The SMILES string of the molecule is FC(F)(F)c1ccc(CN2CC3(COc4ccc(-c5cccnc5)cc43)c3ccccc32)o1. The number of fused-ring (bicyclic) bond motifs is 4. The first-order valence-electron chi connectivity index (χ1n) is 10.6. The molecule has 2 aliphatic heterocycles. The summed E-state index contributed by atoms with van der Waals surface area (Å²) < 4.78 is 50.3. The number of aromatic nitrogens is 1. The van der Waals surface area contributed by atoms with Crippen LogP contribution in [0.1, 0.15) is 22.6 Å². The Kier molecular flexibility index (Phi) is 4.30. The van der Waals surface area contributed by atoms with E-state index >= 15 is 0 Å². The number of para-hydroxylation sites is 1. The van der Waals surface area contributed by atoms with Gasteiger partial charge in [0.05, 0.1) is 12.0 Å². The maximum Gasteiger partial charge on any atom is 0.449 e. The Balaban J connectivity index is 1.40. The van der Waals surface area contributed by atoms with Crippen LogP contribution in [0.5, 0.6) is 5.75 Å². The smallest absolute Gasteiger partial charge is 0.449 e. The lowest BCUT2D eigenvalue weighted by Gasteiger charge is -2.25. The summed E-state index contributed by atoms with van der Waals surface area (Å²) in [6.07, 6.45) is -0.928. The van der Waals surface area contributed by atoms with Crippen molar-refractivity contribution in [2.45, 2.75) is 18.1 Å². The zero-order chi connectivity index (χ0) is 22.6. The third kappa shape index (κ3) is 3.18. The predicted octanol–water partition coefficient (Wildman–Crippen LogP) is 6.06. The van der Waals surface area contributed by atoms with Crippen LogP contribution in [-0.4, -0.2) is 18.1 Å². The molecule has 0 aliphatic carbocycles. The summed E-state index contributed by atoms with van der Waals surface area (Å²) in [5.74, 6) is 0.129. The molecule has 0 saturated heterocycles. The number of nitrogens with zero attached hydrogens (tertiary/aromatic N) is 2. The van der Waals surface area contributed by atoms with Crippen LogP contribution in [0.2, 0.25) is 0 Å². The average molecular weight is 448 g/mol. The van der Waals surface area contributed by atoms with E-state index in [4.69, 9.17) is 9.15 Å². The second-order valence-electron chi connectivity index (χ2n) is 8.46. The molecule has 2 aromatic carbocycles. The van der Waals surface area contributed by atoms with Crippen molar-refractivity contribution in [1.29, 1.82) is 0 Å². The van der Waals surface area contributed by atoms with E-state index in [-0.39, 0.29) is 12.3 Å². The van der Waals surface area contributed by atoms with Crippen molar-refractivity contribution in [1.82, 2.24) is 4.98 Å². The molecular weight excluding hydrogens is 429 g/mol. The summed E-state index contributed by atoms with van der Waals surface area (Å²) >= 11 is 0. The van der Waals surface area contributed by atoms with Crippen LogP contribution in [0.15, 0.2) is 83.5 Å². The molecule has 33 heavy (non-hydrogen) atoms. The highest BCUT2D eigenvalue weighted by atomic mass is 19.4. The van der Waals surface area contributed by atoms with E-state index in [1.54, 1.807) is 6.20 Å². The first kappa shape index (κ1) is 19.9. The van der Waals surface area contributed by atoms with Gasteiger partial charge in [-0.15, -0.1) is 0 Å². The molecule has 4 heterocycles. The van der Waals surface area contributed by atoms with Crippen molar-refractivity contribution in [2.24, 2.45) is 0 Å². The highest BCUT2D eigenvalue weighted by Crippen LogP contribution is 2.52. The van der Waals surface area contributed by atoms with Gasteiger partial charge in [-0.25, -0.2) is 0 Å². The number of ether oxygens (including phenoxy) is 1. The van der Waals surface area contributed by atoms with Crippen LogP contribution in [0.25, 0.3) is 11.1 Å². The standard InChI is InChI=1S/C26H19F3N2O2/c27-26(28,29)24-10-8-19(33-24)14-31-15-25(20-5-1-2-6-22(20)31)16-32-23-9-7-17(12-21(23)25)18-4-3-11-30-13-18/h1-13H,14-16H2. The number of furan rings is 1. The number of benzene rings is 2. The Hall–Kier alpha value is -3.74. The Bertz CT molecular complexity index is 1330. The maximum absolute atomic E-state index is 13.0. The summed E-state index contributed by atoms with van der Waals surface area (Å²) in [6, 6.07) is 20.5. The zero-order valence-electron chi connectivity index (χ0n) is 17.5. The third-order valence-corrected chi connectivity index (χ3v) is 6.47. The summed E-state index contributed by atoms with van der Waals surface area (Å²) in [5.41, 5.74) is 4.81. The van der Waals surface area contributed by atoms with Gasteiger partial charge >= 0.3 is 6.18 Å². The van der Waals surface area contributed by atoms with E-state index in [9.17, 15) is 13.2 Å². The number of alkyl halides is 3. The van der Waals surface area contributed by atoms with Gasteiger partial charge in [-0.3, -0.25) is 4.98 Å². The van der Waals surface area contributed by atoms with Gasteiger partial charge in [0.15, 0.2) is 0 Å². The lowest BCUT2D eigenvalue weighted by Crippen LogP contribution is -2.35. The molecule has 0 amide bonds. The molecule has 1 unspecified atom stereocenters. The van der Waals surface area contributed by atoms with Gasteiger partial charge in [0, 0.05) is 35.8 Å². The molecular formula is C26H19F3N2O2. The van der Waals surface area contributed by atoms with Crippen LogP contribution in [0, 0.1) is 0 Å². The lowest BCUT2D eigenvalue weighted by atomic mass is 9.77. The van der Waals surface area contributed by atoms with Gasteiger partial charge in [0.2, 0.25) is 5.76 Å². The fraction of sp³-hybridized carbons (Fsp3) is 0.192. The Morgan fingerprint density at radius 1 is 0.939 bits per heavy atom. The Labute approximate surface area is 188 Å². The minimum atomic E-state index is -4.50. The van der Waals surface area contributed by atoms with Crippen molar-refractivity contribution in [3.05, 3.63) is 102 Å². The van der Waals surface area contributed by atoms with Gasteiger partial charge < -0.3 is 14.1 Å². The van der Waals surface area contributed by atoms with Crippen LogP contribution >= 0.6 is 0 Å². The molecule has 6 rings (SSSR count). The Morgan fingerprint density at radius 2 is 1.82 bits per heavy atom. The highest BCUT2D eigenvalue weighted by Gasteiger charge is 2.50. The Morgan fingerprint density at radius 3 is 2.61 bits per heavy atom. The quantitative estimate of drug-likeness (QED) is 0.382. The molecule has 0 bridgehead atoms. The normalized spacial score (nSPS) is 18.9. The molecule has 1 spiro atoms. The second-order valence-corrected chi connectivity index (χ2v) is 8.46. The molecule has 4 nitrogen and oxygen atoms in total. The van der Waals surface area contributed by atoms with E-state index < -0.39 is 17.4 Å². The first-order valence-corrected chi connectivity index (χ1v) is 10.6. The van der Waals surface area contributed by atoms with E-state index in [1.165, 1.54) is 6.07 Å². The number of hydrogen-bond acceptors (Lipinski definition) is 4. The van der Waals surface area contributed by atoms with Crippen LogP contribution < -0.4 is 9.64 Å². The van der Waals surface area contributed by atoms with E-state index in [2.05, 4.69) is 22.0 Å². The third-order valence-electron chi connectivity index (χ3n) is 6.47. The molecule has 0 N–H and O–H groups in total. The van der Waals surface area contributed by atoms with Crippen molar-refractivity contribution >= 4 is 5.69 Å². The summed E-state index contributed by atoms with van der Waals surface area (Å²) in [4.78, 5) is 6.30. The van der Waals surface area contributed by atoms with Crippen LogP contribution in [-0.2, 0) is 18.1 Å². The van der Waals surface area contributed by atoms with Crippen LogP contribution in [0.3, 0.4) is 0 Å². The van der Waals surface area contributed by atoms with Crippen molar-refractivity contribution < 1.29 is 22.3 Å². The summed E-state index contributed by atoms with van der Waals surface area (Å²) in [6.45, 7) is 1.29. The average Bonchev–Trinajstić information content (AvgIpc) is 3.52. The van der Waals surface area contributed by atoms with Crippen molar-refractivity contribution in [3.8, 4) is 16.9 Å². The molecule has 2 aromatic heterocycles. The van der Waals surface area contributed by atoms with Crippen LogP contribution in [0.4, 0.5) is 18.9 Å². The molecule has 7 heteroatoms. The fourth-order valence-electron chi connectivity index (χ4n) is 4.97. The van der Waals surface area contributed by atoms with Gasteiger partial charge in [0.25, 0.3) is 0 Å². The molecule has 0 radical (unpaired) electrons. The number of rotatable bonds is 3. The summed E-state index contributed by atoms with van der Waals surface area (Å²) in [5, 5.41) is 0. The second kappa shape index (κ2) is 7.13. The number of pyridine rings is 1. The topological polar surface area (TPSA) is 38.5 Å². The monoisotopic (exact) mass is 448 g/mol. The highest BCUT2D eigenvalue weighted by molar-refractivity contribution is 5.73. The predicted molar refractivity (Wildman–Crippen MR) is 117 cm³/mol. The maximum atomic E-state index is 13.0. The molecule has 0 fully saturated rings. The minimum Gasteiger partial charge on any atom is -0.492 e. The van der Waals surface area contributed by atoms with Gasteiger partial charge in [0.1, 0.15) is 18.1 Å². The fourth-order valence-corrected chi connectivity index (χ4v) is 4.97. The zero-order valence-corrected chi connectivity index (χ0v) is 17.5. The molecule has 0 saturated carbocycles. The van der Waals surface area contributed by atoms with Gasteiger partial charge in [-0.1, -0.05) is 30.3 Å². The first-order chi connectivity index (χ1) is 15.9. The van der Waals surface area contributed by atoms with E-state index in [1.807, 2.05) is 48.7 Å². The number of hydrogen-bond donors (Lipinski definition) is 0. The lowest BCUT2D eigenvalue weighted by molar-refractivity contribution is -0.153. The van der Waals surface area contributed by atoms with E-state index in [0.717, 1.165) is 39.8 Å². The number of halogens is 3. The number of anilines is 1. The summed E-state index contributed by atoms with van der Waals surface area (Å²) in [7, 11) is 0. The van der Waals surface area contributed by atoms with Gasteiger partial charge in [-0.05, 0) is 47.5 Å². The minimum absolute atomic E-state index is 0.243. The van der Waals surface area contributed by atoms with Crippen molar-refractivity contribution in [3.63, 3.8) is 0 Å². The largest absolute Gasteiger partial charge is 0.492 e. The molecule has 4 aromatic rings. The van der Waals surface area contributed by atoms with E-state index in [0.29, 0.717) is 13.2 Å². The molecule has 2 aliphatic rings. The van der Waals surface area contributed by atoms with Crippen molar-refractivity contribution in [2.75, 3.05) is 18.1 Å². The molecule has 166 valence electrons.